The molecule has 2 aromatic rings. The average molecular weight is 370 g/mol. The molecule has 0 atom stereocenters. The normalized spacial score (nSPS) is 14.7. The number of piperidine rings is 1. The van der Waals surface area contributed by atoms with Crippen LogP contribution in [0.2, 0.25) is 0 Å². The minimum absolute atomic E-state index is 0.0348. The zero-order valence-corrected chi connectivity index (χ0v) is 15.5. The van der Waals surface area contributed by atoms with E-state index in [2.05, 4.69) is 5.32 Å². The Balaban J connectivity index is 1.60. The molecule has 27 heavy (non-hydrogen) atoms. The van der Waals surface area contributed by atoms with Gasteiger partial charge in [-0.2, -0.15) is 0 Å². The molecule has 0 spiro atoms. The number of hydrogen-bond donors (Lipinski definition) is 1. The third-order valence-corrected chi connectivity index (χ3v) is 4.82. The van der Waals surface area contributed by atoms with Gasteiger partial charge in [0.1, 0.15) is 11.6 Å². The average Bonchev–Trinajstić information content (AvgIpc) is 2.68. The lowest BCUT2D eigenvalue weighted by atomic mass is 10.0. The molecule has 0 bridgehead atoms. The summed E-state index contributed by atoms with van der Waals surface area (Å²) < 4.78 is 19.1. The number of halogens is 1. The van der Waals surface area contributed by atoms with Crippen molar-refractivity contribution in [2.75, 3.05) is 20.2 Å². The van der Waals surface area contributed by atoms with Crippen molar-refractivity contribution in [2.24, 2.45) is 0 Å². The molecule has 3 rings (SSSR count). The molecule has 1 aliphatic heterocycles. The Morgan fingerprint density at radius 3 is 2.48 bits per heavy atom. The van der Waals surface area contributed by atoms with Gasteiger partial charge in [-0.3, -0.25) is 9.59 Å². The van der Waals surface area contributed by atoms with Gasteiger partial charge < -0.3 is 15.0 Å². The summed E-state index contributed by atoms with van der Waals surface area (Å²) in [6, 6.07) is 11.4. The maximum absolute atomic E-state index is 13.8. The highest BCUT2D eigenvalue weighted by atomic mass is 19.1. The van der Waals surface area contributed by atoms with E-state index in [-0.39, 0.29) is 23.4 Å². The van der Waals surface area contributed by atoms with Crippen molar-refractivity contribution in [2.45, 2.75) is 25.8 Å². The first-order chi connectivity index (χ1) is 13.0. The van der Waals surface area contributed by atoms with Gasteiger partial charge in [-0.1, -0.05) is 23.8 Å². The van der Waals surface area contributed by atoms with Crippen LogP contribution in [-0.4, -0.2) is 43.0 Å². The van der Waals surface area contributed by atoms with E-state index in [0.717, 1.165) is 5.56 Å². The Bertz CT molecular complexity index is 845. The maximum Gasteiger partial charge on any atom is 0.256 e. The number of nitrogens with zero attached hydrogens (tertiary/aromatic N) is 1. The fourth-order valence-electron chi connectivity index (χ4n) is 3.29. The fourth-order valence-corrected chi connectivity index (χ4v) is 3.29. The van der Waals surface area contributed by atoms with Crippen molar-refractivity contribution in [1.29, 1.82) is 0 Å². The van der Waals surface area contributed by atoms with Gasteiger partial charge in [-0.25, -0.2) is 4.39 Å². The van der Waals surface area contributed by atoms with Gasteiger partial charge in [-0.15, -0.1) is 0 Å². The zero-order chi connectivity index (χ0) is 19.4. The Labute approximate surface area is 158 Å². The number of nitrogens with one attached hydrogen (secondary N) is 1. The molecule has 1 saturated heterocycles. The van der Waals surface area contributed by atoms with Gasteiger partial charge >= 0.3 is 0 Å². The molecule has 2 aromatic carbocycles. The minimum atomic E-state index is -0.510. The van der Waals surface area contributed by atoms with E-state index in [1.165, 1.54) is 19.2 Å². The Morgan fingerprint density at radius 1 is 1.11 bits per heavy atom. The van der Waals surface area contributed by atoms with Gasteiger partial charge in [0, 0.05) is 19.1 Å². The summed E-state index contributed by atoms with van der Waals surface area (Å²) in [6.07, 6.45) is 1.25. The number of aryl methyl sites for hydroxylation is 1. The number of benzene rings is 2. The molecule has 0 aromatic heterocycles. The van der Waals surface area contributed by atoms with Crippen LogP contribution in [0.15, 0.2) is 42.5 Å². The molecule has 1 N–H and O–H groups in total. The van der Waals surface area contributed by atoms with Crippen LogP contribution < -0.4 is 10.1 Å². The van der Waals surface area contributed by atoms with Gasteiger partial charge in [-0.05, 0) is 44.0 Å². The van der Waals surface area contributed by atoms with Crippen molar-refractivity contribution >= 4 is 11.8 Å². The van der Waals surface area contributed by atoms with E-state index in [9.17, 15) is 14.0 Å². The minimum Gasteiger partial charge on any atom is -0.496 e. The summed E-state index contributed by atoms with van der Waals surface area (Å²) in [4.78, 5) is 26.7. The Morgan fingerprint density at radius 2 is 1.81 bits per heavy atom. The van der Waals surface area contributed by atoms with Crippen molar-refractivity contribution < 1.29 is 18.7 Å². The lowest BCUT2D eigenvalue weighted by molar-refractivity contribution is 0.0693. The quantitative estimate of drug-likeness (QED) is 0.899. The van der Waals surface area contributed by atoms with Crippen LogP contribution in [0, 0.1) is 12.7 Å². The summed E-state index contributed by atoms with van der Waals surface area (Å²) in [6.45, 7) is 2.87. The monoisotopic (exact) mass is 370 g/mol. The predicted octanol–water partition coefficient (Wildman–Crippen LogP) is 3.18. The van der Waals surface area contributed by atoms with Crippen LogP contribution in [0.4, 0.5) is 4.39 Å². The highest BCUT2D eigenvalue weighted by Gasteiger charge is 2.26. The topological polar surface area (TPSA) is 58.6 Å². The summed E-state index contributed by atoms with van der Waals surface area (Å²) in [5.41, 5.74) is 1.57. The Hall–Kier alpha value is -2.89. The lowest BCUT2D eigenvalue weighted by Crippen LogP contribution is -2.46. The van der Waals surface area contributed by atoms with Crippen molar-refractivity contribution in [3.05, 3.63) is 65.0 Å². The molecule has 5 nitrogen and oxygen atoms in total. The number of rotatable bonds is 4. The van der Waals surface area contributed by atoms with Crippen LogP contribution in [0.5, 0.6) is 5.75 Å². The fraction of sp³-hybridized carbons (Fsp3) is 0.333. The predicted molar refractivity (Wildman–Crippen MR) is 101 cm³/mol. The van der Waals surface area contributed by atoms with E-state index < -0.39 is 5.82 Å². The van der Waals surface area contributed by atoms with Crippen molar-refractivity contribution in [3.8, 4) is 5.75 Å². The molecule has 1 fully saturated rings. The van der Waals surface area contributed by atoms with Crippen LogP contribution in [0.3, 0.4) is 0 Å². The molecule has 0 aliphatic carbocycles. The molecule has 6 heteroatoms. The first kappa shape index (κ1) is 18.9. The van der Waals surface area contributed by atoms with Gasteiger partial charge in [0.05, 0.1) is 18.2 Å². The largest absolute Gasteiger partial charge is 0.496 e. The third-order valence-electron chi connectivity index (χ3n) is 4.82. The molecule has 0 saturated carbocycles. The van der Waals surface area contributed by atoms with Crippen molar-refractivity contribution in [1.82, 2.24) is 10.2 Å². The number of carbonyl (C=O) groups is 2. The van der Waals surface area contributed by atoms with Gasteiger partial charge in [0.15, 0.2) is 0 Å². The third kappa shape index (κ3) is 4.27. The van der Waals surface area contributed by atoms with Crippen molar-refractivity contribution in [3.63, 3.8) is 0 Å². The molecular weight excluding hydrogens is 347 g/mol. The van der Waals surface area contributed by atoms with Gasteiger partial charge in [0.25, 0.3) is 11.8 Å². The molecule has 142 valence electrons. The van der Waals surface area contributed by atoms with E-state index >= 15 is 0 Å². The zero-order valence-electron chi connectivity index (χ0n) is 15.5. The smallest absolute Gasteiger partial charge is 0.256 e. The summed E-state index contributed by atoms with van der Waals surface area (Å²) in [7, 11) is 1.54. The second-order valence-electron chi connectivity index (χ2n) is 6.72. The lowest BCUT2D eigenvalue weighted by Gasteiger charge is -2.32. The molecular formula is C21H23FN2O3. The molecule has 1 aliphatic rings. The van der Waals surface area contributed by atoms with Crippen LogP contribution in [0.1, 0.15) is 39.1 Å². The highest BCUT2D eigenvalue weighted by molar-refractivity contribution is 5.97. The molecule has 0 radical (unpaired) electrons. The van der Waals surface area contributed by atoms with Crippen LogP contribution in [0.25, 0.3) is 0 Å². The number of likely N-dealkylation sites (tertiary alicyclic amines) is 1. The van der Waals surface area contributed by atoms with E-state index in [1.807, 2.05) is 13.0 Å². The molecule has 0 unspecified atom stereocenters. The van der Waals surface area contributed by atoms with E-state index in [4.69, 9.17) is 4.74 Å². The second kappa shape index (κ2) is 8.20. The number of carbonyl (C=O) groups excluding carboxylic acids is 2. The highest BCUT2D eigenvalue weighted by Crippen LogP contribution is 2.21. The molecule has 2 amide bonds. The standard InChI is InChI=1S/C21H23FN2O3/c1-14-7-8-19(27-2)17(13-14)20(25)23-15-9-11-24(12-10-15)21(26)16-5-3-4-6-18(16)22/h3-8,13,15H,9-12H2,1-2H3,(H,23,25). The Kier molecular flexibility index (Phi) is 5.74. The number of amides is 2. The summed E-state index contributed by atoms with van der Waals surface area (Å²) in [5.74, 6) is -0.470. The maximum atomic E-state index is 13.8. The first-order valence-corrected chi connectivity index (χ1v) is 8.99. The van der Waals surface area contributed by atoms with Gasteiger partial charge in [0.2, 0.25) is 0 Å². The van der Waals surface area contributed by atoms with E-state index in [0.29, 0.717) is 37.2 Å². The SMILES string of the molecule is COc1ccc(C)cc1C(=O)NC1CCN(C(=O)c2ccccc2F)CC1. The van der Waals surface area contributed by atoms with Crippen LogP contribution in [-0.2, 0) is 0 Å². The molecule has 1 heterocycles. The summed E-state index contributed by atoms with van der Waals surface area (Å²) in [5, 5.41) is 3.02. The number of hydrogen-bond acceptors (Lipinski definition) is 3. The second-order valence-corrected chi connectivity index (χ2v) is 6.72. The van der Waals surface area contributed by atoms with E-state index in [1.54, 1.807) is 29.2 Å². The summed E-state index contributed by atoms with van der Waals surface area (Å²) >= 11 is 0. The number of ether oxygens (including phenoxy) is 1. The first-order valence-electron chi connectivity index (χ1n) is 8.99. The van der Waals surface area contributed by atoms with Crippen LogP contribution >= 0.6 is 0 Å². The number of methoxy groups -OCH3 is 1.